The minimum atomic E-state index is -1.05. The molecule has 2 aliphatic heterocycles. The van der Waals surface area contributed by atoms with Crippen LogP contribution in [0.15, 0.2) is 84.9 Å². The number of ketones is 2. The van der Waals surface area contributed by atoms with Crippen LogP contribution in [0, 0.1) is 11.8 Å². The van der Waals surface area contributed by atoms with Crippen molar-refractivity contribution in [1.29, 1.82) is 0 Å². The Labute approximate surface area is 217 Å². The summed E-state index contributed by atoms with van der Waals surface area (Å²) in [5, 5.41) is 39.8. The molecule has 2 aliphatic rings. The van der Waals surface area contributed by atoms with Crippen molar-refractivity contribution in [2.75, 3.05) is 0 Å². The van der Waals surface area contributed by atoms with E-state index in [0.717, 1.165) is 0 Å². The lowest BCUT2D eigenvalue weighted by molar-refractivity contribution is 0.0135. The average molecular weight is 510 g/mol. The van der Waals surface area contributed by atoms with Crippen molar-refractivity contribution >= 4 is 11.6 Å². The van der Waals surface area contributed by atoms with Crippen molar-refractivity contribution in [3.63, 3.8) is 0 Å². The fraction of sp³-hybridized carbons (Fsp3) is 0.133. The van der Waals surface area contributed by atoms with E-state index in [4.69, 9.17) is 9.47 Å². The number of carbonyl (C=O) groups is 2. The number of aromatic hydroxyl groups is 4. The van der Waals surface area contributed by atoms with E-state index in [-0.39, 0.29) is 57.2 Å². The molecule has 0 bridgehead atoms. The van der Waals surface area contributed by atoms with Gasteiger partial charge >= 0.3 is 0 Å². The molecule has 190 valence electrons. The van der Waals surface area contributed by atoms with E-state index in [0.29, 0.717) is 11.1 Å². The molecular formula is C30H22O8. The van der Waals surface area contributed by atoms with Gasteiger partial charge in [0, 0.05) is 12.1 Å². The molecule has 38 heavy (non-hydrogen) atoms. The molecule has 4 N–H and O–H groups in total. The van der Waals surface area contributed by atoms with Gasteiger partial charge in [-0.2, -0.15) is 0 Å². The van der Waals surface area contributed by atoms with Crippen LogP contribution in [0.2, 0.25) is 0 Å². The Morgan fingerprint density at radius 2 is 0.816 bits per heavy atom. The van der Waals surface area contributed by atoms with Crippen LogP contribution in [-0.2, 0) is 0 Å². The topological polar surface area (TPSA) is 134 Å². The number of Topliss-reactive ketones (excluding diaryl/α,β-unsaturated/α-hetero) is 2. The number of hydrogen-bond acceptors (Lipinski definition) is 8. The predicted molar refractivity (Wildman–Crippen MR) is 135 cm³/mol. The molecule has 8 nitrogen and oxygen atoms in total. The van der Waals surface area contributed by atoms with E-state index in [1.54, 1.807) is 24.3 Å². The summed E-state index contributed by atoms with van der Waals surface area (Å²) in [7, 11) is 0. The molecule has 0 spiro atoms. The Hall–Kier alpha value is -4.98. The number of ether oxygens (including phenoxy) is 2. The number of carbonyl (C=O) groups excluding carboxylic acids is 2. The van der Waals surface area contributed by atoms with Gasteiger partial charge in [-0.25, -0.2) is 0 Å². The van der Waals surface area contributed by atoms with Crippen molar-refractivity contribution in [3.8, 4) is 34.5 Å². The zero-order valence-corrected chi connectivity index (χ0v) is 19.8. The van der Waals surface area contributed by atoms with E-state index in [1.807, 2.05) is 0 Å². The SMILES string of the molecule is O=C1c2ccc(O)cc2O[C@@H](c2ccc(O)cc2)[C@H]1[C@@H]1C(=O)c2ccc(O)cc2O[C@H]1c1ccc(O)cc1. The number of hydrogen-bond donors (Lipinski definition) is 4. The summed E-state index contributed by atoms with van der Waals surface area (Å²) in [5.41, 5.74) is 1.53. The lowest BCUT2D eigenvalue weighted by Crippen LogP contribution is -2.45. The van der Waals surface area contributed by atoms with Crippen LogP contribution in [0.5, 0.6) is 34.5 Å². The summed E-state index contributed by atoms with van der Waals surface area (Å²) in [6.07, 6.45) is -1.90. The number of benzene rings is 4. The van der Waals surface area contributed by atoms with Gasteiger partial charge in [0.05, 0.1) is 23.0 Å². The molecule has 0 aromatic heterocycles. The van der Waals surface area contributed by atoms with Crippen LogP contribution >= 0.6 is 0 Å². The Kier molecular flexibility index (Phi) is 5.45. The molecule has 0 amide bonds. The largest absolute Gasteiger partial charge is 0.508 e. The molecule has 4 atom stereocenters. The number of phenolic OH excluding ortho intramolecular Hbond substituents is 4. The van der Waals surface area contributed by atoms with E-state index in [2.05, 4.69) is 0 Å². The van der Waals surface area contributed by atoms with Crippen molar-refractivity contribution < 1.29 is 39.5 Å². The summed E-state index contributed by atoms with van der Waals surface area (Å²) in [5.74, 6) is -2.57. The third-order valence-corrected chi connectivity index (χ3v) is 7.06. The Morgan fingerprint density at radius 1 is 0.474 bits per heavy atom. The summed E-state index contributed by atoms with van der Waals surface area (Å²) in [4.78, 5) is 28.2. The van der Waals surface area contributed by atoms with Crippen LogP contribution < -0.4 is 9.47 Å². The van der Waals surface area contributed by atoms with Crippen molar-refractivity contribution in [3.05, 3.63) is 107 Å². The summed E-state index contributed by atoms with van der Waals surface area (Å²) < 4.78 is 12.6. The third kappa shape index (κ3) is 3.87. The maximum Gasteiger partial charge on any atom is 0.174 e. The molecule has 0 saturated carbocycles. The molecule has 0 radical (unpaired) electrons. The minimum Gasteiger partial charge on any atom is -0.508 e. The van der Waals surface area contributed by atoms with Crippen LogP contribution in [-0.4, -0.2) is 32.0 Å². The van der Waals surface area contributed by atoms with Crippen LogP contribution in [0.4, 0.5) is 0 Å². The summed E-state index contributed by atoms with van der Waals surface area (Å²) in [6.45, 7) is 0. The van der Waals surface area contributed by atoms with Crippen molar-refractivity contribution in [2.24, 2.45) is 11.8 Å². The fourth-order valence-electron chi connectivity index (χ4n) is 5.26. The first kappa shape index (κ1) is 23.4. The second kappa shape index (κ2) is 8.85. The van der Waals surface area contributed by atoms with Gasteiger partial charge in [-0.15, -0.1) is 0 Å². The van der Waals surface area contributed by atoms with E-state index < -0.39 is 24.0 Å². The van der Waals surface area contributed by atoms with Gasteiger partial charge in [0.25, 0.3) is 0 Å². The highest BCUT2D eigenvalue weighted by Gasteiger charge is 2.52. The lowest BCUT2D eigenvalue weighted by atomic mass is 9.70. The molecule has 6 rings (SSSR count). The number of rotatable bonds is 3. The van der Waals surface area contributed by atoms with Gasteiger partial charge in [0.2, 0.25) is 0 Å². The van der Waals surface area contributed by atoms with E-state index >= 15 is 0 Å². The highest BCUT2D eigenvalue weighted by atomic mass is 16.5. The molecule has 4 aromatic rings. The Bertz CT molecular complexity index is 1440. The molecular weight excluding hydrogens is 488 g/mol. The van der Waals surface area contributed by atoms with Gasteiger partial charge in [-0.3, -0.25) is 9.59 Å². The first-order chi connectivity index (χ1) is 18.3. The van der Waals surface area contributed by atoms with Gasteiger partial charge in [-0.1, -0.05) is 24.3 Å². The van der Waals surface area contributed by atoms with Crippen LogP contribution in [0.3, 0.4) is 0 Å². The molecule has 2 heterocycles. The lowest BCUT2D eigenvalue weighted by Gasteiger charge is -2.42. The molecule has 0 saturated heterocycles. The third-order valence-electron chi connectivity index (χ3n) is 7.06. The van der Waals surface area contributed by atoms with Gasteiger partial charge < -0.3 is 29.9 Å². The quantitative estimate of drug-likeness (QED) is 0.300. The monoisotopic (exact) mass is 510 g/mol. The highest BCUT2D eigenvalue weighted by Crippen LogP contribution is 2.51. The van der Waals surface area contributed by atoms with Crippen LogP contribution in [0.1, 0.15) is 44.1 Å². The van der Waals surface area contributed by atoms with E-state index in [1.165, 1.54) is 60.7 Å². The second-order valence-electron chi connectivity index (χ2n) is 9.40. The standard InChI is InChI=1S/C30H22O8/c31-17-5-1-15(2-6-17)29-25(27(35)21-11-9-19(33)13-23(21)37-29)26-28(36)22-12-10-20(34)14-24(22)38-30(26)16-3-7-18(32)8-4-16/h1-14,25-26,29-34H/t25-,26+,29-,30-/m0/s1. The van der Waals surface area contributed by atoms with Gasteiger partial charge in [-0.05, 0) is 59.7 Å². The number of phenols is 4. The maximum absolute atomic E-state index is 14.1. The molecule has 0 unspecified atom stereocenters. The Balaban J connectivity index is 1.55. The zero-order chi connectivity index (χ0) is 26.6. The first-order valence-corrected chi connectivity index (χ1v) is 12.0. The van der Waals surface area contributed by atoms with Gasteiger partial charge in [0.15, 0.2) is 11.6 Å². The van der Waals surface area contributed by atoms with E-state index in [9.17, 15) is 30.0 Å². The predicted octanol–water partition coefficient (Wildman–Crippen LogP) is 5.07. The molecule has 8 heteroatoms. The van der Waals surface area contributed by atoms with Gasteiger partial charge in [0.1, 0.15) is 46.7 Å². The summed E-state index contributed by atoms with van der Waals surface area (Å²) in [6, 6.07) is 20.7. The van der Waals surface area contributed by atoms with Crippen molar-refractivity contribution in [2.45, 2.75) is 12.2 Å². The van der Waals surface area contributed by atoms with Crippen LogP contribution in [0.25, 0.3) is 0 Å². The zero-order valence-electron chi connectivity index (χ0n) is 19.8. The highest BCUT2D eigenvalue weighted by molar-refractivity contribution is 6.09. The normalized spacial score (nSPS) is 22.1. The smallest absolute Gasteiger partial charge is 0.174 e. The molecule has 0 fully saturated rings. The average Bonchev–Trinajstić information content (AvgIpc) is 2.90. The second-order valence-corrected chi connectivity index (χ2v) is 9.40. The minimum absolute atomic E-state index is 0.0262. The fourth-order valence-corrected chi connectivity index (χ4v) is 5.26. The first-order valence-electron chi connectivity index (χ1n) is 12.0. The maximum atomic E-state index is 14.1. The van der Waals surface area contributed by atoms with Crippen molar-refractivity contribution in [1.82, 2.24) is 0 Å². The Morgan fingerprint density at radius 3 is 1.18 bits per heavy atom. The summed E-state index contributed by atoms with van der Waals surface area (Å²) >= 11 is 0. The molecule has 0 aliphatic carbocycles. The number of fused-ring (bicyclic) bond motifs is 2. The molecule has 4 aromatic carbocycles.